The SMILES string of the molecule is CCN(CC)CCCNCc1cc(C(C)C)on1. The van der Waals surface area contributed by atoms with Crippen molar-refractivity contribution in [3.63, 3.8) is 0 Å². The molecule has 0 bridgehead atoms. The third kappa shape index (κ3) is 5.19. The van der Waals surface area contributed by atoms with Crippen molar-refractivity contribution < 1.29 is 4.52 Å². The van der Waals surface area contributed by atoms with Crippen LogP contribution >= 0.6 is 0 Å². The standard InChI is InChI=1S/C14H27N3O/c1-5-17(6-2)9-7-8-15-11-13-10-14(12(3)4)18-16-13/h10,12,15H,5-9,11H2,1-4H3. The Labute approximate surface area is 111 Å². The third-order valence-corrected chi connectivity index (χ3v) is 3.17. The van der Waals surface area contributed by atoms with Crippen LogP contribution in [0.1, 0.15) is 51.5 Å². The monoisotopic (exact) mass is 253 g/mol. The lowest BCUT2D eigenvalue weighted by Gasteiger charge is -2.17. The maximum Gasteiger partial charge on any atom is 0.139 e. The molecule has 0 saturated heterocycles. The quantitative estimate of drug-likeness (QED) is 0.687. The lowest BCUT2D eigenvalue weighted by atomic mass is 10.1. The number of hydrogen-bond acceptors (Lipinski definition) is 4. The second-order valence-corrected chi connectivity index (χ2v) is 4.93. The maximum absolute atomic E-state index is 5.26. The van der Waals surface area contributed by atoms with Gasteiger partial charge in [-0.05, 0) is 32.6 Å². The molecule has 0 amide bonds. The van der Waals surface area contributed by atoms with Gasteiger partial charge in [-0.2, -0.15) is 0 Å². The summed E-state index contributed by atoms with van der Waals surface area (Å²) in [5.41, 5.74) is 1.00. The second-order valence-electron chi connectivity index (χ2n) is 4.93. The molecule has 4 nitrogen and oxygen atoms in total. The zero-order chi connectivity index (χ0) is 13.4. The van der Waals surface area contributed by atoms with Gasteiger partial charge < -0.3 is 14.7 Å². The minimum absolute atomic E-state index is 0.411. The summed E-state index contributed by atoms with van der Waals surface area (Å²) in [6.45, 7) is 13.9. The van der Waals surface area contributed by atoms with Crippen LogP contribution in [0.25, 0.3) is 0 Å². The van der Waals surface area contributed by atoms with Gasteiger partial charge in [0.2, 0.25) is 0 Å². The maximum atomic E-state index is 5.26. The van der Waals surface area contributed by atoms with E-state index >= 15 is 0 Å². The largest absolute Gasteiger partial charge is 0.361 e. The molecule has 0 aliphatic rings. The first kappa shape index (κ1) is 15.2. The van der Waals surface area contributed by atoms with E-state index in [4.69, 9.17) is 4.52 Å². The van der Waals surface area contributed by atoms with Gasteiger partial charge in [0.15, 0.2) is 0 Å². The molecule has 0 saturated carbocycles. The molecule has 0 aromatic carbocycles. The second kappa shape index (κ2) is 8.27. The summed E-state index contributed by atoms with van der Waals surface area (Å²) < 4.78 is 5.26. The van der Waals surface area contributed by atoms with Crippen LogP contribution in [0, 0.1) is 0 Å². The van der Waals surface area contributed by atoms with E-state index in [2.05, 4.69) is 43.1 Å². The van der Waals surface area contributed by atoms with E-state index in [0.29, 0.717) is 5.92 Å². The zero-order valence-corrected chi connectivity index (χ0v) is 12.2. The number of rotatable bonds is 9. The highest BCUT2D eigenvalue weighted by Crippen LogP contribution is 2.14. The average molecular weight is 253 g/mol. The Balaban J connectivity index is 2.13. The summed E-state index contributed by atoms with van der Waals surface area (Å²) in [6, 6.07) is 2.04. The van der Waals surface area contributed by atoms with Crippen LogP contribution in [0.2, 0.25) is 0 Å². The third-order valence-electron chi connectivity index (χ3n) is 3.17. The van der Waals surface area contributed by atoms with Crippen molar-refractivity contribution in [2.45, 2.75) is 46.6 Å². The van der Waals surface area contributed by atoms with Gasteiger partial charge in [-0.25, -0.2) is 0 Å². The molecule has 1 heterocycles. The molecular formula is C14H27N3O. The molecule has 104 valence electrons. The van der Waals surface area contributed by atoms with Crippen molar-refractivity contribution in [2.24, 2.45) is 0 Å². The fourth-order valence-corrected chi connectivity index (χ4v) is 1.87. The molecule has 1 aromatic heterocycles. The van der Waals surface area contributed by atoms with Crippen LogP contribution in [0.4, 0.5) is 0 Å². The van der Waals surface area contributed by atoms with Gasteiger partial charge in [0.1, 0.15) is 5.76 Å². The summed E-state index contributed by atoms with van der Waals surface area (Å²) in [4.78, 5) is 2.44. The summed E-state index contributed by atoms with van der Waals surface area (Å²) in [7, 11) is 0. The molecule has 4 heteroatoms. The van der Waals surface area contributed by atoms with Crippen LogP contribution in [0.5, 0.6) is 0 Å². The van der Waals surface area contributed by atoms with E-state index in [-0.39, 0.29) is 0 Å². The Morgan fingerprint density at radius 1 is 1.33 bits per heavy atom. The Bertz CT molecular complexity index is 319. The molecule has 0 radical (unpaired) electrons. The highest BCUT2D eigenvalue weighted by molar-refractivity contribution is 5.08. The van der Waals surface area contributed by atoms with Crippen molar-refractivity contribution in [1.29, 1.82) is 0 Å². The van der Waals surface area contributed by atoms with Crippen LogP contribution in [-0.4, -0.2) is 36.2 Å². The lowest BCUT2D eigenvalue weighted by molar-refractivity contribution is 0.297. The van der Waals surface area contributed by atoms with Crippen LogP contribution in [0.3, 0.4) is 0 Å². The van der Waals surface area contributed by atoms with Gasteiger partial charge in [-0.15, -0.1) is 0 Å². The fraction of sp³-hybridized carbons (Fsp3) is 0.786. The number of aromatic nitrogens is 1. The minimum atomic E-state index is 0.411. The van der Waals surface area contributed by atoms with Gasteiger partial charge in [-0.3, -0.25) is 0 Å². The lowest BCUT2D eigenvalue weighted by Crippen LogP contribution is -2.27. The summed E-state index contributed by atoms with van der Waals surface area (Å²) in [5, 5.41) is 7.46. The fourth-order valence-electron chi connectivity index (χ4n) is 1.87. The van der Waals surface area contributed by atoms with Crippen molar-refractivity contribution in [3.05, 3.63) is 17.5 Å². The Kier molecular flexibility index (Phi) is 6.98. The summed E-state index contributed by atoms with van der Waals surface area (Å²) >= 11 is 0. The topological polar surface area (TPSA) is 41.3 Å². The molecule has 1 aromatic rings. The number of hydrogen-bond donors (Lipinski definition) is 1. The van der Waals surface area contributed by atoms with Gasteiger partial charge in [0, 0.05) is 18.5 Å². The van der Waals surface area contributed by atoms with Gasteiger partial charge in [0.25, 0.3) is 0 Å². The Morgan fingerprint density at radius 3 is 2.61 bits per heavy atom. The minimum Gasteiger partial charge on any atom is -0.361 e. The smallest absolute Gasteiger partial charge is 0.139 e. The first-order valence-corrected chi connectivity index (χ1v) is 7.05. The van der Waals surface area contributed by atoms with E-state index in [0.717, 1.165) is 44.2 Å². The molecular weight excluding hydrogens is 226 g/mol. The average Bonchev–Trinajstić information content (AvgIpc) is 2.83. The highest BCUT2D eigenvalue weighted by atomic mass is 16.5. The van der Waals surface area contributed by atoms with Crippen molar-refractivity contribution >= 4 is 0 Å². The molecule has 1 N–H and O–H groups in total. The molecule has 0 atom stereocenters. The first-order chi connectivity index (χ1) is 8.67. The van der Waals surface area contributed by atoms with E-state index in [1.165, 1.54) is 6.42 Å². The Morgan fingerprint density at radius 2 is 2.06 bits per heavy atom. The van der Waals surface area contributed by atoms with Crippen LogP contribution in [-0.2, 0) is 6.54 Å². The van der Waals surface area contributed by atoms with Gasteiger partial charge in [0.05, 0.1) is 5.69 Å². The van der Waals surface area contributed by atoms with E-state index in [1.54, 1.807) is 0 Å². The summed E-state index contributed by atoms with van der Waals surface area (Å²) in [6.07, 6.45) is 1.18. The molecule has 1 rings (SSSR count). The summed E-state index contributed by atoms with van der Waals surface area (Å²) in [5.74, 6) is 1.38. The van der Waals surface area contributed by atoms with E-state index in [9.17, 15) is 0 Å². The predicted molar refractivity (Wildman–Crippen MR) is 74.7 cm³/mol. The van der Waals surface area contributed by atoms with Gasteiger partial charge >= 0.3 is 0 Å². The van der Waals surface area contributed by atoms with Crippen LogP contribution in [0.15, 0.2) is 10.6 Å². The van der Waals surface area contributed by atoms with Gasteiger partial charge in [-0.1, -0.05) is 32.9 Å². The molecule has 0 unspecified atom stereocenters. The molecule has 0 spiro atoms. The predicted octanol–water partition coefficient (Wildman–Crippen LogP) is 2.62. The van der Waals surface area contributed by atoms with E-state index < -0.39 is 0 Å². The number of nitrogens with zero attached hydrogens (tertiary/aromatic N) is 2. The van der Waals surface area contributed by atoms with E-state index in [1.807, 2.05) is 6.07 Å². The molecule has 0 fully saturated rings. The first-order valence-electron chi connectivity index (χ1n) is 7.05. The molecule has 0 aliphatic heterocycles. The molecule has 18 heavy (non-hydrogen) atoms. The van der Waals surface area contributed by atoms with Crippen molar-refractivity contribution in [2.75, 3.05) is 26.2 Å². The zero-order valence-electron chi connectivity index (χ0n) is 12.2. The van der Waals surface area contributed by atoms with Crippen molar-refractivity contribution in [3.8, 4) is 0 Å². The normalized spacial score (nSPS) is 11.7. The number of nitrogens with one attached hydrogen (secondary N) is 1. The highest BCUT2D eigenvalue weighted by Gasteiger charge is 2.07. The van der Waals surface area contributed by atoms with Crippen LogP contribution < -0.4 is 5.32 Å². The van der Waals surface area contributed by atoms with Crippen molar-refractivity contribution in [1.82, 2.24) is 15.4 Å². The Hall–Kier alpha value is -0.870. The molecule has 0 aliphatic carbocycles.